The lowest BCUT2D eigenvalue weighted by atomic mass is 10.4. The van der Waals surface area contributed by atoms with E-state index in [9.17, 15) is 0 Å². The first-order valence-corrected chi connectivity index (χ1v) is 4.69. The number of aromatic nitrogens is 4. The van der Waals surface area contributed by atoms with E-state index in [0.29, 0.717) is 16.5 Å². The second-order valence-corrected chi connectivity index (χ2v) is 3.61. The molecular weight excluding hydrogens is 246 g/mol. The number of hydrogen-bond acceptors (Lipinski definition) is 3. The minimum Gasteiger partial charge on any atom is -0.273 e. The van der Waals surface area contributed by atoms with Gasteiger partial charge in [0.25, 0.3) is 0 Å². The average Bonchev–Trinajstić information content (AvgIpc) is 2.49. The van der Waals surface area contributed by atoms with Crippen LogP contribution in [0.5, 0.6) is 0 Å². The molecule has 0 aliphatic rings. The van der Waals surface area contributed by atoms with Gasteiger partial charge in [0.15, 0.2) is 5.82 Å². The molecule has 7 heteroatoms. The smallest absolute Gasteiger partial charge is 0.181 e. The number of halogens is 3. The van der Waals surface area contributed by atoms with E-state index in [4.69, 9.17) is 34.8 Å². The molecule has 2 rings (SSSR count). The highest BCUT2D eigenvalue weighted by Gasteiger charge is 2.10. The molecule has 72 valence electrons. The Morgan fingerprint density at radius 3 is 2.21 bits per heavy atom. The first kappa shape index (κ1) is 9.71. The molecule has 14 heavy (non-hydrogen) atoms. The number of aromatic amines is 1. The van der Waals surface area contributed by atoms with Gasteiger partial charge in [0, 0.05) is 6.07 Å². The van der Waals surface area contributed by atoms with Crippen LogP contribution in [-0.4, -0.2) is 20.2 Å². The molecule has 0 aliphatic heterocycles. The van der Waals surface area contributed by atoms with Crippen molar-refractivity contribution in [1.29, 1.82) is 0 Å². The predicted octanol–water partition coefficient (Wildman–Crippen LogP) is 2.83. The monoisotopic (exact) mass is 248 g/mol. The summed E-state index contributed by atoms with van der Waals surface area (Å²) in [5, 5.41) is 7.32. The van der Waals surface area contributed by atoms with Crippen LogP contribution >= 0.6 is 34.8 Å². The van der Waals surface area contributed by atoms with Crippen molar-refractivity contribution < 1.29 is 0 Å². The van der Waals surface area contributed by atoms with Crippen LogP contribution in [-0.2, 0) is 0 Å². The summed E-state index contributed by atoms with van der Waals surface area (Å²) in [6.45, 7) is 0. The van der Waals surface area contributed by atoms with Gasteiger partial charge in [-0.05, 0) is 0 Å². The SMILES string of the molecule is Clc1cc(Cl)nc(-c2[nH]ncc2Cl)n1. The molecule has 1 N–H and O–H groups in total. The van der Waals surface area contributed by atoms with Gasteiger partial charge in [0.1, 0.15) is 16.0 Å². The quantitative estimate of drug-likeness (QED) is 0.791. The van der Waals surface area contributed by atoms with E-state index in [-0.39, 0.29) is 10.3 Å². The molecule has 4 nitrogen and oxygen atoms in total. The summed E-state index contributed by atoms with van der Waals surface area (Å²) < 4.78 is 0. The molecule has 0 spiro atoms. The topological polar surface area (TPSA) is 54.5 Å². The van der Waals surface area contributed by atoms with E-state index in [1.165, 1.54) is 12.3 Å². The Labute approximate surface area is 94.2 Å². The lowest BCUT2D eigenvalue weighted by molar-refractivity contribution is 1.06. The normalized spacial score (nSPS) is 10.5. The van der Waals surface area contributed by atoms with Gasteiger partial charge < -0.3 is 0 Å². The van der Waals surface area contributed by atoms with Gasteiger partial charge in [-0.3, -0.25) is 5.10 Å². The predicted molar refractivity (Wildman–Crippen MR) is 54.6 cm³/mol. The fourth-order valence-corrected chi connectivity index (χ4v) is 1.53. The van der Waals surface area contributed by atoms with Crippen LogP contribution in [0.2, 0.25) is 15.3 Å². The van der Waals surface area contributed by atoms with Crippen molar-refractivity contribution in [2.24, 2.45) is 0 Å². The summed E-state index contributed by atoms with van der Waals surface area (Å²) in [7, 11) is 0. The Hall–Kier alpha value is -0.840. The average molecular weight is 249 g/mol. The zero-order valence-corrected chi connectivity index (χ0v) is 8.90. The third kappa shape index (κ3) is 1.82. The number of hydrogen-bond donors (Lipinski definition) is 1. The lowest BCUT2D eigenvalue weighted by Crippen LogP contribution is -1.90. The minimum atomic E-state index is 0.255. The first-order chi connectivity index (χ1) is 6.66. The zero-order chi connectivity index (χ0) is 10.1. The second-order valence-electron chi connectivity index (χ2n) is 2.43. The van der Waals surface area contributed by atoms with Gasteiger partial charge in [0.2, 0.25) is 0 Å². The van der Waals surface area contributed by atoms with Gasteiger partial charge in [0.05, 0.1) is 11.2 Å². The number of H-pyrrole nitrogens is 1. The standard InChI is InChI=1S/C7H3Cl3N4/c8-3-2-11-14-6(3)7-12-4(9)1-5(10)13-7/h1-2H,(H,11,14). The molecule has 0 saturated heterocycles. The van der Waals surface area contributed by atoms with E-state index in [0.717, 1.165) is 0 Å². The van der Waals surface area contributed by atoms with Crippen molar-refractivity contribution in [3.05, 3.63) is 27.6 Å². The van der Waals surface area contributed by atoms with Crippen molar-refractivity contribution >= 4 is 34.8 Å². The van der Waals surface area contributed by atoms with Crippen molar-refractivity contribution in [2.45, 2.75) is 0 Å². The molecule has 2 heterocycles. The highest BCUT2D eigenvalue weighted by atomic mass is 35.5. The van der Waals surface area contributed by atoms with E-state index >= 15 is 0 Å². The molecule has 0 unspecified atom stereocenters. The van der Waals surface area contributed by atoms with Crippen molar-refractivity contribution in [3.8, 4) is 11.5 Å². The molecule has 0 aromatic carbocycles. The summed E-state index contributed by atoms with van der Waals surface area (Å²) >= 11 is 17.2. The largest absolute Gasteiger partial charge is 0.273 e. The highest BCUT2D eigenvalue weighted by molar-refractivity contribution is 6.34. The molecule has 2 aromatic rings. The van der Waals surface area contributed by atoms with E-state index in [1.54, 1.807) is 0 Å². The van der Waals surface area contributed by atoms with Crippen molar-refractivity contribution in [1.82, 2.24) is 20.2 Å². The summed E-state index contributed by atoms with van der Waals surface area (Å²) in [4.78, 5) is 7.90. The van der Waals surface area contributed by atoms with E-state index < -0.39 is 0 Å². The van der Waals surface area contributed by atoms with Crippen LogP contribution in [0.25, 0.3) is 11.5 Å². The molecule has 0 bridgehead atoms. The van der Waals surface area contributed by atoms with Crippen LogP contribution in [0.3, 0.4) is 0 Å². The second kappa shape index (κ2) is 3.73. The Kier molecular flexibility index (Phi) is 2.58. The van der Waals surface area contributed by atoms with Gasteiger partial charge in [-0.15, -0.1) is 0 Å². The van der Waals surface area contributed by atoms with Crippen LogP contribution < -0.4 is 0 Å². The number of nitrogens with zero attached hydrogens (tertiary/aromatic N) is 3. The molecule has 0 radical (unpaired) electrons. The van der Waals surface area contributed by atoms with Gasteiger partial charge >= 0.3 is 0 Å². The van der Waals surface area contributed by atoms with E-state index in [1.807, 2.05) is 0 Å². The highest BCUT2D eigenvalue weighted by Crippen LogP contribution is 2.24. The maximum Gasteiger partial charge on any atom is 0.181 e. The van der Waals surface area contributed by atoms with Gasteiger partial charge in [-0.25, -0.2) is 9.97 Å². The van der Waals surface area contributed by atoms with Crippen molar-refractivity contribution in [3.63, 3.8) is 0 Å². The summed E-state index contributed by atoms with van der Waals surface area (Å²) in [6.07, 6.45) is 1.45. The van der Waals surface area contributed by atoms with Crippen LogP contribution in [0.15, 0.2) is 12.3 Å². The summed E-state index contributed by atoms with van der Waals surface area (Å²) in [6, 6.07) is 1.44. The maximum atomic E-state index is 5.82. The van der Waals surface area contributed by atoms with E-state index in [2.05, 4.69) is 20.2 Å². The van der Waals surface area contributed by atoms with Gasteiger partial charge in [-0.1, -0.05) is 34.8 Å². The summed E-state index contributed by atoms with van der Waals surface area (Å²) in [5.74, 6) is 0.324. The fourth-order valence-electron chi connectivity index (χ4n) is 0.930. The Morgan fingerprint density at radius 2 is 1.71 bits per heavy atom. The molecule has 0 atom stereocenters. The Balaban J connectivity index is 2.57. The maximum absolute atomic E-state index is 5.82. The lowest BCUT2D eigenvalue weighted by Gasteiger charge is -1.98. The first-order valence-electron chi connectivity index (χ1n) is 3.56. The molecule has 0 saturated carbocycles. The van der Waals surface area contributed by atoms with Crippen LogP contribution in [0.4, 0.5) is 0 Å². The third-order valence-electron chi connectivity index (χ3n) is 1.48. The van der Waals surface area contributed by atoms with Crippen LogP contribution in [0.1, 0.15) is 0 Å². The van der Waals surface area contributed by atoms with Crippen LogP contribution in [0, 0.1) is 0 Å². The Bertz CT molecular complexity index is 447. The molecule has 2 aromatic heterocycles. The molecule has 0 amide bonds. The summed E-state index contributed by atoms with van der Waals surface area (Å²) in [5.41, 5.74) is 0.496. The molecule has 0 fully saturated rings. The zero-order valence-electron chi connectivity index (χ0n) is 6.63. The number of nitrogens with one attached hydrogen (secondary N) is 1. The molecular formula is C7H3Cl3N4. The fraction of sp³-hybridized carbons (Fsp3) is 0. The molecule has 0 aliphatic carbocycles. The Morgan fingerprint density at radius 1 is 1.07 bits per heavy atom. The minimum absolute atomic E-state index is 0.255. The van der Waals surface area contributed by atoms with Gasteiger partial charge in [-0.2, -0.15) is 5.10 Å². The van der Waals surface area contributed by atoms with Crippen molar-refractivity contribution in [2.75, 3.05) is 0 Å². The third-order valence-corrected chi connectivity index (χ3v) is 2.15. The number of rotatable bonds is 1.